The zero-order valence-corrected chi connectivity index (χ0v) is 13.0. The summed E-state index contributed by atoms with van der Waals surface area (Å²) in [7, 11) is 0. The molecule has 1 aromatic heterocycles. The Balaban J connectivity index is 1.47. The third-order valence-electron chi connectivity index (χ3n) is 4.40. The fraction of sp³-hybridized carbons (Fsp3) is 0.667. The molecule has 7 heteroatoms. The molecule has 0 radical (unpaired) electrons. The molecule has 0 saturated carbocycles. The Kier molecular flexibility index (Phi) is 4.42. The van der Waals surface area contributed by atoms with Gasteiger partial charge in [0.15, 0.2) is 0 Å². The van der Waals surface area contributed by atoms with Gasteiger partial charge in [0.1, 0.15) is 5.69 Å². The lowest BCUT2D eigenvalue weighted by molar-refractivity contribution is -0.131. The Morgan fingerprint density at radius 1 is 1.09 bits per heavy atom. The standard InChI is InChI=1S/C15H23N5O2/c1-12-10-13(17-16-12)15(22)20-8-6-18(7-9-20)11-14(21)19-4-2-3-5-19/h10H,2-9,11H2,1H3,(H,16,17). The highest BCUT2D eigenvalue weighted by atomic mass is 16.2. The molecule has 3 rings (SSSR count). The molecule has 2 saturated heterocycles. The zero-order valence-electron chi connectivity index (χ0n) is 13.0. The third-order valence-corrected chi connectivity index (χ3v) is 4.40. The van der Waals surface area contributed by atoms with E-state index in [4.69, 9.17) is 0 Å². The van der Waals surface area contributed by atoms with Gasteiger partial charge in [-0.25, -0.2) is 0 Å². The number of nitrogens with zero attached hydrogens (tertiary/aromatic N) is 4. The lowest BCUT2D eigenvalue weighted by Crippen LogP contribution is -2.51. The van der Waals surface area contributed by atoms with Crippen LogP contribution in [0.15, 0.2) is 6.07 Å². The van der Waals surface area contributed by atoms with E-state index < -0.39 is 0 Å². The van der Waals surface area contributed by atoms with Crippen LogP contribution in [0.1, 0.15) is 29.0 Å². The van der Waals surface area contributed by atoms with Gasteiger partial charge in [-0.05, 0) is 25.8 Å². The summed E-state index contributed by atoms with van der Waals surface area (Å²) in [5, 5.41) is 6.82. The van der Waals surface area contributed by atoms with Gasteiger partial charge < -0.3 is 9.80 Å². The molecular weight excluding hydrogens is 282 g/mol. The first-order chi connectivity index (χ1) is 10.6. The SMILES string of the molecule is Cc1cc(C(=O)N2CCN(CC(=O)N3CCCC3)CC2)n[nH]1. The van der Waals surface area contributed by atoms with Crippen LogP contribution >= 0.6 is 0 Å². The molecule has 3 heterocycles. The Morgan fingerprint density at radius 3 is 2.36 bits per heavy atom. The van der Waals surface area contributed by atoms with Gasteiger partial charge in [0.2, 0.25) is 5.91 Å². The van der Waals surface area contributed by atoms with Gasteiger partial charge >= 0.3 is 0 Å². The predicted molar refractivity (Wildman–Crippen MR) is 81.5 cm³/mol. The van der Waals surface area contributed by atoms with E-state index in [0.29, 0.717) is 25.3 Å². The summed E-state index contributed by atoms with van der Waals surface area (Å²) >= 11 is 0. The largest absolute Gasteiger partial charge is 0.342 e. The number of rotatable bonds is 3. The van der Waals surface area contributed by atoms with Crippen molar-refractivity contribution in [3.05, 3.63) is 17.5 Å². The number of nitrogens with one attached hydrogen (secondary N) is 1. The lowest BCUT2D eigenvalue weighted by Gasteiger charge is -2.34. The summed E-state index contributed by atoms with van der Waals surface area (Å²) in [6.45, 7) is 6.94. The molecule has 1 N–H and O–H groups in total. The van der Waals surface area contributed by atoms with E-state index in [2.05, 4.69) is 15.1 Å². The maximum atomic E-state index is 12.3. The van der Waals surface area contributed by atoms with E-state index in [1.165, 1.54) is 0 Å². The van der Waals surface area contributed by atoms with Gasteiger partial charge in [0.05, 0.1) is 6.54 Å². The summed E-state index contributed by atoms with van der Waals surface area (Å²) in [6.07, 6.45) is 2.24. The summed E-state index contributed by atoms with van der Waals surface area (Å²) in [6, 6.07) is 1.77. The maximum absolute atomic E-state index is 12.3. The van der Waals surface area contributed by atoms with Gasteiger partial charge in [-0.1, -0.05) is 0 Å². The number of aryl methyl sites for hydroxylation is 1. The molecule has 2 amide bonds. The van der Waals surface area contributed by atoms with Crippen LogP contribution in [0.25, 0.3) is 0 Å². The first kappa shape index (κ1) is 15.0. The highest BCUT2D eigenvalue weighted by molar-refractivity contribution is 5.92. The van der Waals surface area contributed by atoms with E-state index in [-0.39, 0.29) is 11.8 Å². The number of H-pyrrole nitrogens is 1. The first-order valence-corrected chi connectivity index (χ1v) is 7.95. The van der Waals surface area contributed by atoms with E-state index >= 15 is 0 Å². The monoisotopic (exact) mass is 305 g/mol. The van der Waals surface area contributed by atoms with Crippen molar-refractivity contribution < 1.29 is 9.59 Å². The van der Waals surface area contributed by atoms with Crippen molar-refractivity contribution in [1.82, 2.24) is 24.9 Å². The number of aromatic amines is 1. The number of hydrogen-bond donors (Lipinski definition) is 1. The Morgan fingerprint density at radius 2 is 1.77 bits per heavy atom. The zero-order chi connectivity index (χ0) is 15.5. The van der Waals surface area contributed by atoms with Crippen LogP contribution in [0.5, 0.6) is 0 Å². The molecule has 120 valence electrons. The predicted octanol–water partition coefficient (Wildman–Crippen LogP) is 0.0983. The minimum Gasteiger partial charge on any atom is -0.342 e. The Hall–Kier alpha value is -1.89. The van der Waals surface area contributed by atoms with Crippen LogP contribution in [-0.2, 0) is 4.79 Å². The smallest absolute Gasteiger partial charge is 0.274 e. The van der Waals surface area contributed by atoms with Crippen molar-refractivity contribution in [2.75, 3.05) is 45.8 Å². The summed E-state index contributed by atoms with van der Waals surface area (Å²) in [4.78, 5) is 30.3. The molecule has 0 bridgehead atoms. The van der Waals surface area contributed by atoms with Crippen molar-refractivity contribution in [2.24, 2.45) is 0 Å². The molecule has 0 unspecified atom stereocenters. The van der Waals surface area contributed by atoms with Crippen LogP contribution in [-0.4, -0.2) is 82.5 Å². The van der Waals surface area contributed by atoms with Crippen LogP contribution in [0.3, 0.4) is 0 Å². The molecule has 7 nitrogen and oxygen atoms in total. The normalized spacial score (nSPS) is 19.7. The Bertz CT molecular complexity index is 542. The molecular formula is C15H23N5O2. The number of likely N-dealkylation sites (tertiary alicyclic amines) is 1. The van der Waals surface area contributed by atoms with Crippen molar-refractivity contribution in [2.45, 2.75) is 19.8 Å². The van der Waals surface area contributed by atoms with Gasteiger partial charge in [0.25, 0.3) is 5.91 Å². The summed E-state index contributed by atoms with van der Waals surface area (Å²) in [5.74, 6) is 0.190. The fourth-order valence-electron chi connectivity index (χ4n) is 3.06. The molecule has 1 aromatic rings. The molecule has 2 aliphatic rings. The lowest BCUT2D eigenvalue weighted by atomic mass is 10.2. The van der Waals surface area contributed by atoms with Crippen molar-refractivity contribution in [1.29, 1.82) is 0 Å². The van der Waals surface area contributed by atoms with E-state index in [0.717, 1.165) is 44.7 Å². The Labute approximate surface area is 130 Å². The minimum absolute atomic E-state index is 0.0325. The third kappa shape index (κ3) is 3.30. The first-order valence-electron chi connectivity index (χ1n) is 7.95. The van der Waals surface area contributed by atoms with E-state index in [1.54, 1.807) is 6.07 Å². The van der Waals surface area contributed by atoms with Crippen LogP contribution < -0.4 is 0 Å². The highest BCUT2D eigenvalue weighted by Crippen LogP contribution is 2.11. The number of piperazine rings is 1. The number of carbonyl (C=O) groups is 2. The molecule has 0 spiro atoms. The number of aromatic nitrogens is 2. The molecule has 2 fully saturated rings. The van der Waals surface area contributed by atoms with Crippen LogP contribution in [0.4, 0.5) is 0 Å². The summed E-state index contributed by atoms with van der Waals surface area (Å²) < 4.78 is 0. The van der Waals surface area contributed by atoms with Gasteiger partial charge in [0, 0.05) is 45.0 Å². The fourth-order valence-corrected chi connectivity index (χ4v) is 3.06. The highest BCUT2D eigenvalue weighted by Gasteiger charge is 2.26. The number of carbonyl (C=O) groups excluding carboxylic acids is 2. The number of hydrogen-bond acceptors (Lipinski definition) is 4. The number of amides is 2. The molecule has 0 atom stereocenters. The van der Waals surface area contributed by atoms with Crippen molar-refractivity contribution >= 4 is 11.8 Å². The second kappa shape index (κ2) is 6.48. The van der Waals surface area contributed by atoms with Gasteiger partial charge in [-0.15, -0.1) is 0 Å². The topological polar surface area (TPSA) is 72.5 Å². The second-order valence-corrected chi connectivity index (χ2v) is 6.09. The second-order valence-electron chi connectivity index (χ2n) is 6.09. The van der Waals surface area contributed by atoms with Crippen molar-refractivity contribution in [3.8, 4) is 0 Å². The van der Waals surface area contributed by atoms with Gasteiger partial charge in [-0.2, -0.15) is 5.10 Å². The molecule has 22 heavy (non-hydrogen) atoms. The van der Waals surface area contributed by atoms with E-state index in [1.807, 2.05) is 16.7 Å². The summed E-state index contributed by atoms with van der Waals surface area (Å²) in [5.41, 5.74) is 1.36. The van der Waals surface area contributed by atoms with Gasteiger partial charge in [-0.3, -0.25) is 19.6 Å². The minimum atomic E-state index is -0.0325. The average molecular weight is 305 g/mol. The molecule has 0 aromatic carbocycles. The molecule has 0 aliphatic carbocycles. The van der Waals surface area contributed by atoms with Crippen LogP contribution in [0, 0.1) is 6.92 Å². The van der Waals surface area contributed by atoms with E-state index in [9.17, 15) is 9.59 Å². The maximum Gasteiger partial charge on any atom is 0.274 e. The molecule has 2 aliphatic heterocycles. The van der Waals surface area contributed by atoms with Crippen LogP contribution in [0.2, 0.25) is 0 Å². The average Bonchev–Trinajstić information content (AvgIpc) is 3.18. The quantitative estimate of drug-likeness (QED) is 0.859. The van der Waals surface area contributed by atoms with Crippen molar-refractivity contribution in [3.63, 3.8) is 0 Å².